The summed E-state index contributed by atoms with van der Waals surface area (Å²) in [5, 5.41) is 21.1. The van der Waals surface area contributed by atoms with Crippen molar-refractivity contribution in [3.63, 3.8) is 0 Å². The molecule has 4 aliphatic carbocycles. The zero-order valence-corrected chi connectivity index (χ0v) is 28.4. The van der Waals surface area contributed by atoms with Gasteiger partial charge in [0.15, 0.2) is 0 Å². The van der Waals surface area contributed by atoms with Gasteiger partial charge in [0.05, 0.1) is 29.5 Å². The van der Waals surface area contributed by atoms with Gasteiger partial charge in [0.25, 0.3) is 11.8 Å². The van der Waals surface area contributed by atoms with Crippen molar-refractivity contribution in [3.05, 3.63) is 84.1 Å². The molecule has 0 saturated heterocycles. The number of imide groups is 1. The van der Waals surface area contributed by atoms with Crippen molar-refractivity contribution in [2.24, 2.45) is 39.9 Å². The second kappa shape index (κ2) is 10.5. The lowest BCUT2D eigenvalue weighted by atomic mass is 9.49. The average Bonchev–Trinajstić information content (AvgIpc) is 3.81. The number of ketones is 1. The van der Waals surface area contributed by atoms with Crippen LogP contribution in [0.15, 0.2) is 67.4 Å². The second-order valence-corrected chi connectivity index (χ2v) is 15.7. The third-order valence-corrected chi connectivity index (χ3v) is 13.9. The maximum Gasteiger partial charge on any atom is 0.328 e. The van der Waals surface area contributed by atoms with Crippen LogP contribution in [0.2, 0.25) is 0 Å². The minimum atomic E-state index is -1.06. The van der Waals surface area contributed by atoms with Crippen molar-refractivity contribution in [1.29, 1.82) is 0 Å². The molecule has 1 N–H and O–H groups in total. The number of esters is 1. The van der Waals surface area contributed by atoms with E-state index >= 15 is 0 Å². The van der Waals surface area contributed by atoms with Crippen LogP contribution in [0.4, 0.5) is 0 Å². The molecule has 3 aromatic rings. The Morgan fingerprint density at radius 1 is 1.04 bits per heavy atom. The number of amides is 2. The minimum absolute atomic E-state index is 0.0294. The lowest BCUT2D eigenvalue weighted by Gasteiger charge is -2.56. The van der Waals surface area contributed by atoms with E-state index in [0.717, 1.165) is 24.0 Å². The zero-order chi connectivity index (χ0) is 34.7. The van der Waals surface area contributed by atoms with Crippen LogP contribution in [-0.4, -0.2) is 60.3 Å². The highest BCUT2D eigenvalue weighted by Gasteiger charge is 2.80. The van der Waals surface area contributed by atoms with Crippen LogP contribution in [0.5, 0.6) is 0 Å². The molecular formula is C39H42N4O6. The Hall–Kier alpha value is -4.44. The van der Waals surface area contributed by atoms with Gasteiger partial charge in [0, 0.05) is 28.7 Å². The molecule has 0 radical (unpaired) electrons. The first-order chi connectivity index (χ1) is 23.3. The number of hydrogen-bond donors (Lipinski definition) is 1. The molecule has 254 valence electrons. The van der Waals surface area contributed by atoms with Crippen molar-refractivity contribution in [3.8, 4) is 11.3 Å². The molecule has 9 atom stereocenters. The Kier molecular flexibility index (Phi) is 6.84. The summed E-state index contributed by atoms with van der Waals surface area (Å²) in [6.07, 6.45) is 5.39. The van der Waals surface area contributed by atoms with Gasteiger partial charge < -0.3 is 9.84 Å². The van der Waals surface area contributed by atoms with Gasteiger partial charge in [0.1, 0.15) is 24.1 Å². The normalized spacial score (nSPS) is 37.3. The van der Waals surface area contributed by atoms with Crippen molar-refractivity contribution in [1.82, 2.24) is 19.9 Å². The number of ether oxygens (including phenoxy) is 1. The molecule has 3 bridgehead atoms. The van der Waals surface area contributed by atoms with E-state index in [2.05, 4.69) is 37.7 Å². The molecule has 1 aromatic heterocycles. The molecule has 1 aliphatic heterocycles. The van der Waals surface area contributed by atoms with Crippen LogP contribution in [0.1, 0.15) is 79.7 Å². The molecule has 49 heavy (non-hydrogen) atoms. The first kappa shape index (κ1) is 31.8. The number of carbonyl (C=O) groups is 4. The maximum absolute atomic E-state index is 13.7. The van der Waals surface area contributed by atoms with Gasteiger partial charge in [-0.3, -0.25) is 24.1 Å². The van der Waals surface area contributed by atoms with Gasteiger partial charge in [-0.1, -0.05) is 75.4 Å². The Morgan fingerprint density at radius 2 is 1.71 bits per heavy atom. The molecule has 2 heterocycles. The lowest BCUT2D eigenvalue weighted by Crippen LogP contribution is -2.58. The highest BCUT2D eigenvalue weighted by Crippen LogP contribution is 2.78. The summed E-state index contributed by atoms with van der Waals surface area (Å²) in [6.45, 7) is 12.6. The SMILES string of the molecule is C=C[C@]1(C)C[C@@H](OC(=O)Cn2cc(-c3ccc(CN4C(=O)c5ccccc5C4=O)cc3)nn2)[C@]2(C)[C@H](C)C3C[C@]4(CCC(=O)[C@H]42)[C@@H](C)[C@]31O. The standard InChI is InChI=1S/C39H42N4O6/c1-6-36(4)18-31(37(5)22(2)28-17-38(23(3)39(28,36)48)16-15-30(44)33(37)38)49-32(45)21-42-20-29(40-41-42)25-13-11-24(12-14-25)19-43-34(46)26-9-7-8-10-27(26)35(43)47/h6-14,20,22-23,28,31,33,48H,1,15-19,21H2,2-5H3/t22-,23-,28?,31-,33+,36-,37+,38-,39+/m1/s1. The van der Waals surface area contributed by atoms with Gasteiger partial charge in [-0.25, -0.2) is 4.68 Å². The molecule has 2 amide bonds. The molecule has 4 saturated carbocycles. The highest BCUT2D eigenvalue weighted by molar-refractivity contribution is 6.21. The summed E-state index contributed by atoms with van der Waals surface area (Å²) < 4.78 is 7.81. The first-order valence-electron chi connectivity index (χ1n) is 17.3. The molecule has 4 fully saturated rings. The molecule has 1 unspecified atom stereocenters. The number of hydrogen-bond acceptors (Lipinski definition) is 8. The Bertz CT molecular complexity index is 1900. The minimum Gasteiger partial charge on any atom is -0.460 e. The molecule has 8 rings (SSSR count). The van der Waals surface area contributed by atoms with Gasteiger partial charge in [-0.15, -0.1) is 11.7 Å². The summed E-state index contributed by atoms with van der Waals surface area (Å²) in [5.41, 5.74) is 0.227. The van der Waals surface area contributed by atoms with Crippen LogP contribution < -0.4 is 0 Å². The summed E-state index contributed by atoms with van der Waals surface area (Å²) >= 11 is 0. The fourth-order valence-corrected chi connectivity index (χ4v) is 11.1. The van der Waals surface area contributed by atoms with Crippen molar-refractivity contribution < 1.29 is 29.0 Å². The van der Waals surface area contributed by atoms with E-state index in [0.29, 0.717) is 29.7 Å². The van der Waals surface area contributed by atoms with Crippen molar-refractivity contribution in [2.45, 2.75) is 78.2 Å². The van der Waals surface area contributed by atoms with Crippen LogP contribution >= 0.6 is 0 Å². The lowest BCUT2D eigenvalue weighted by molar-refractivity contribution is -0.184. The molecule has 10 heteroatoms. The number of Topliss-reactive ketones (excluding diaryl/α,β-unsaturated/α-hetero) is 1. The number of aromatic nitrogens is 3. The van der Waals surface area contributed by atoms with Gasteiger partial charge in [-0.2, -0.15) is 0 Å². The van der Waals surface area contributed by atoms with E-state index in [1.165, 1.54) is 9.58 Å². The van der Waals surface area contributed by atoms with Crippen LogP contribution in [0, 0.1) is 39.9 Å². The van der Waals surface area contributed by atoms with Crippen LogP contribution in [0.25, 0.3) is 11.3 Å². The monoisotopic (exact) mass is 662 g/mol. The van der Waals surface area contributed by atoms with E-state index in [9.17, 15) is 24.3 Å². The average molecular weight is 663 g/mol. The molecule has 1 spiro atoms. The van der Waals surface area contributed by atoms with E-state index in [-0.39, 0.29) is 59.8 Å². The van der Waals surface area contributed by atoms with E-state index < -0.39 is 28.5 Å². The number of nitrogens with zero attached hydrogens (tertiary/aromatic N) is 4. The predicted molar refractivity (Wildman–Crippen MR) is 179 cm³/mol. The predicted octanol–water partition coefficient (Wildman–Crippen LogP) is 5.26. The van der Waals surface area contributed by atoms with E-state index in [4.69, 9.17) is 4.74 Å². The van der Waals surface area contributed by atoms with Crippen molar-refractivity contribution >= 4 is 23.6 Å². The number of fused-ring (bicyclic) bond motifs is 3. The van der Waals surface area contributed by atoms with Crippen LogP contribution in [0.3, 0.4) is 0 Å². The third-order valence-electron chi connectivity index (χ3n) is 13.9. The number of carbonyl (C=O) groups excluding carboxylic acids is 4. The number of aliphatic hydroxyl groups is 1. The number of rotatable bonds is 7. The van der Waals surface area contributed by atoms with Gasteiger partial charge in [0.2, 0.25) is 0 Å². The second-order valence-electron chi connectivity index (χ2n) is 15.7. The smallest absolute Gasteiger partial charge is 0.328 e. The molecule has 5 aliphatic rings. The maximum atomic E-state index is 13.7. The molecule has 10 nitrogen and oxygen atoms in total. The fraction of sp³-hybridized carbons (Fsp3) is 0.487. The van der Waals surface area contributed by atoms with Gasteiger partial charge in [-0.05, 0) is 60.1 Å². The first-order valence-corrected chi connectivity index (χ1v) is 17.3. The van der Waals surface area contributed by atoms with Crippen molar-refractivity contribution in [2.75, 3.05) is 0 Å². The Labute approximate surface area is 285 Å². The summed E-state index contributed by atoms with van der Waals surface area (Å²) in [6, 6.07) is 14.2. The quantitative estimate of drug-likeness (QED) is 0.206. The summed E-state index contributed by atoms with van der Waals surface area (Å²) in [5.74, 6) is -1.28. The van der Waals surface area contributed by atoms with E-state index in [1.807, 2.05) is 37.3 Å². The number of benzene rings is 2. The van der Waals surface area contributed by atoms with Gasteiger partial charge >= 0.3 is 5.97 Å². The van der Waals surface area contributed by atoms with Crippen LogP contribution in [-0.2, 0) is 27.4 Å². The highest BCUT2D eigenvalue weighted by atomic mass is 16.5. The topological polar surface area (TPSA) is 132 Å². The molecule has 2 aromatic carbocycles. The Morgan fingerprint density at radius 3 is 2.37 bits per heavy atom. The summed E-state index contributed by atoms with van der Waals surface area (Å²) in [4.78, 5) is 54.1. The van der Waals surface area contributed by atoms with E-state index in [1.54, 1.807) is 30.5 Å². The third kappa shape index (κ3) is 4.09. The zero-order valence-electron chi connectivity index (χ0n) is 28.4. The molecular weight excluding hydrogens is 620 g/mol. The largest absolute Gasteiger partial charge is 0.460 e. The fourth-order valence-electron chi connectivity index (χ4n) is 11.1. The Balaban J connectivity index is 0.993. The summed E-state index contributed by atoms with van der Waals surface area (Å²) in [7, 11) is 0.